The van der Waals surface area contributed by atoms with E-state index in [-0.39, 0.29) is 16.6 Å². The maximum absolute atomic E-state index is 14.0. The SMILES string of the molecule is O=C(CCc1ccc(S(=O)(=O)N2CCOCC2)cc1)N1CCN(c2ccccc2F)CC1. The third kappa shape index (κ3) is 5.11. The average molecular weight is 462 g/mol. The second-order valence-electron chi connectivity index (χ2n) is 7.98. The highest BCUT2D eigenvalue weighted by atomic mass is 32.2. The number of para-hydroxylation sites is 1. The van der Waals surface area contributed by atoms with Crippen molar-refractivity contribution in [3.8, 4) is 0 Å². The van der Waals surface area contributed by atoms with Crippen molar-refractivity contribution >= 4 is 21.6 Å². The molecule has 7 nitrogen and oxygen atoms in total. The molecule has 0 atom stereocenters. The van der Waals surface area contributed by atoms with Crippen LogP contribution in [0.25, 0.3) is 0 Å². The molecule has 2 aliphatic rings. The first kappa shape index (κ1) is 22.7. The third-order valence-corrected chi connectivity index (χ3v) is 7.90. The van der Waals surface area contributed by atoms with E-state index in [1.165, 1.54) is 10.4 Å². The lowest BCUT2D eigenvalue weighted by molar-refractivity contribution is -0.131. The molecular formula is C23H28FN3O4S. The standard InChI is InChI=1S/C23H28FN3O4S/c24-21-3-1-2-4-22(21)25-11-13-26(14-12-25)23(28)10-7-19-5-8-20(9-6-19)32(29,30)27-15-17-31-18-16-27/h1-6,8-9H,7,10-18H2. The van der Waals surface area contributed by atoms with E-state index in [9.17, 15) is 17.6 Å². The van der Waals surface area contributed by atoms with Crippen molar-refractivity contribution in [3.63, 3.8) is 0 Å². The first-order valence-electron chi connectivity index (χ1n) is 10.9. The van der Waals surface area contributed by atoms with Gasteiger partial charge in [0.05, 0.1) is 23.8 Å². The van der Waals surface area contributed by atoms with Gasteiger partial charge in [0, 0.05) is 45.7 Å². The predicted molar refractivity (Wildman–Crippen MR) is 120 cm³/mol. The summed E-state index contributed by atoms with van der Waals surface area (Å²) in [6, 6.07) is 13.5. The number of carbonyl (C=O) groups is 1. The minimum Gasteiger partial charge on any atom is -0.379 e. The molecule has 1 amide bonds. The lowest BCUT2D eigenvalue weighted by Gasteiger charge is -2.36. The van der Waals surface area contributed by atoms with Crippen molar-refractivity contribution in [2.24, 2.45) is 0 Å². The number of hydrogen-bond acceptors (Lipinski definition) is 5. The fraction of sp³-hybridized carbons (Fsp3) is 0.435. The normalized spacial score (nSPS) is 18.0. The molecule has 172 valence electrons. The third-order valence-electron chi connectivity index (χ3n) is 5.98. The van der Waals surface area contributed by atoms with Gasteiger partial charge in [-0.15, -0.1) is 0 Å². The highest BCUT2D eigenvalue weighted by Crippen LogP contribution is 2.21. The summed E-state index contributed by atoms with van der Waals surface area (Å²) in [5.41, 5.74) is 1.50. The summed E-state index contributed by atoms with van der Waals surface area (Å²) in [6.07, 6.45) is 0.902. The summed E-state index contributed by atoms with van der Waals surface area (Å²) in [5, 5.41) is 0. The Hall–Kier alpha value is -2.49. The van der Waals surface area contributed by atoms with Gasteiger partial charge in [-0.2, -0.15) is 4.31 Å². The molecule has 2 saturated heterocycles. The van der Waals surface area contributed by atoms with Crippen LogP contribution in [0.3, 0.4) is 0 Å². The van der Waals surface area contributed by atoms with E-state index in [4.69, 9.17) is 4.74 Å². The van der Waals surface area contributed by atoms with Crippen LogP contribution in [0, 0.1) is 5.82 Å². The number of rotatable bonds is 6. The van der Waals surface area contributed by atoms with Crippen molar-refractivity contribution in [3.05, 3.63) is 59.9 Å². The fourth-order valence-electron chi connectivity index (χ4n) is 4.08. The van der Waals surface area contributed by atoms with E-state index >= 15 is 0 Å². The van der Waals surface area contributed by atoms with Crippen LogP contribution in [-0.4, -0.2) is 76.0 Å². The molecule has 0 N–H and O–H groups in total. The molecule has 2 aromatic rings. The molecule has 0 saturated carbocycles. The summed E-state index contributed by atoms with van der Waals surface area (Å²) in [6.45, 7) is 3.86. The fourth-order valence-corrected chi connectivity index (χ4v) is 5.49. The Morgan fingerprint density at radius 1 is 0.906 bits per heavy atom. The predicted octanol–water partition coefficient (Wildman–Crippen LogP) is 2.13. The van der Waals surface area contributed by atoms with Gasteiger partial charge < -0.3 is 14.5 Å². The lowest BCUT2D eigenvalue weighted by atomic mass is 10.1. The summed E-state index contributed by atoms with van der Waals surface area (Å²) < 4.78 is 46.1. The number of carbonyl (C=O) groups excluding carboxylic acids is 1. The van der Waals surface area contributed by atoms with Crippen molar-refractivity contribution in [2.75, 3.05) is 57.4 Å². The highest BCUT2D eigenvalue weighted by molar-refractivity contribution is 7.89. The van der Waals surface area contributed by atoms with Crippen LogP contribution in [0.15, 0.2) is 53.4 Å². The number of nitrogens with zero attached hydrogens (tertiary/aromatic N) is 3. The van der Waals surface area contributed by atoms with E-state index in [2.05, 4.69) is 0 Å². The van der Waals surface area contributed by atoms with Gasteiger partial charge in [-0.3, -0.25) is 4.79 Å². The van der Waals surface area contributed by atoms with Gasteiger partial charge in [-0.05, 0) is 36.2 Å². The molecule has 2 aromatic carbocycles. The zero-order valence-electron chi connectivity index (χ0n) is 18.0. The summed E-state index contributed by atoms with van der Waals surface area (Å²) in [7, 11) is -3.51. The molecule has 0 bridgehead atoms. The number of piperazine rings is 1. The van der Waals surface area contributed by atoms with E-state index < -0.39 is 10.0 Å². The molecule has 0 aliphatic carbocycles. The summed E-state index contributed by atoms with van der Waals surface area (Å²) in [5.74, 6) is -0.186. The Labute approximate surface area is 188 Å². The molecule has 2 heterocycles. The van der Waals surface area contributed by atoms with Crippen LogP contribution >= 0.6 is 0 Å². The van der Waals surface area contributed by atoms with Gasteiger partial charge in [0.15, 0.2) is 0 Å². The Balaban J connectivity index is 1.28. The molecule has 0 aromatic heterocycles. The molecular weight excluding hydrogens is 433 g/mol. The van der Waals surface area contributed by atoms with Gasteiger partial charge in [-0.25, -0.2) is 12.8 Å². The molecule has 4 rings (SSSR count). The first-order valence-corrected chi connectivity index (χ1v) is 12.3. The first-order chi connectivity index (χ1) is 15.4. The van der Waals surface area contributed by atoms with Crippen LogP contribution in [0.2, 0.25) is 0 Å². The van der Waals surface area contributed by atoms with Gasteiger partial charge in [0.25, 0.3) is 0 Å². The minimum atomic E-state index is -3.51. The number of benzene rings is 2. The zero-order valence-corrected chi connectivity index (χ0v) is 18.8. The highest BCUT2D eigenvalue weighted by Gasteiger charge is 2.26. The number of morpholine rings is 1. The van der Waals surface area contributed by atoms with Gasteiger partial charge in [0.2, 0.25) is 15.9 Å². The van der Waals surface area contributed by atoms with Gasteiger partial charge in [0.1, 0.15) is 5.82 Å². The Morgan fingerprint density at radius 3 is 2.22 bits per heavy atom. The van der Waals surface area contributed by atoms with E-state index in [0.29, 0.717) is 71.0 Å². The van der Waals surface area contributed by atoms with Crippen LogP contribution in [0.5, 0.6) is 0 Å². The van der Waals surface area contributed by atoms with Crippen LogP contribution in [0.1, 0.15) is 12.0 Å². The van der Waals surface area contributed by atoms with Crippen LogP contribution in [-0.2, 0) is 26.0 Å². The number of amides is 1. The lowest BCUT2D eigenvalue weighted by Crippen LogP contribution is -2.49. The molecule has 32 heavy (non-hydrogen) atoms. The molecule has 2 aliphatic heterocycles. The van der Waals surface area contributed by atoms with Crippen molar-refractivity contribution in [1.29, 1.82) is 0 Å². The molecule has 0 unspecified atom stereocenters. The second-order valence-corrected chi connectivity index (χ2v) is 9.92. The second kappa shape index (κ2) is 9.97. The Bertz CT molecular complexity index is 1030. The quantitative estimate of drug-likeness (QED) is 0.659. The van der Waals surface area contributed by atoms with Crippen LogP contribution < -0.4 is 4.90 Å². The maximum atomic E-state index is 14.0. The zero-order chi connectivity index (χ0) is 22.6. The van der Waals surface area contributed by atoms with E-state index in [0.717, 1.165) is 5.56 Å². The number of anilines is 1. The van der Waals surface area contributed by atoms with Gasteiger partial charge in [-0.1, -0.05) is 24.3 Å². The monoisotopic (exact) mass is 461 g/mol. The molecule has 2 fully saturated rings. The number of aryl methyl sites for hydroxylation is 1. The van der Waals surface area contributed by atoms with Crippen molar-refractivity contribution in [1.82, 2.24) is 9.21 Å². The van der Waals surface area contributed by atoms with Crippen LogP contribution in [0.4, 0.5) is 10.1 Å². The Morgan fingerprint density at radius 2 is 1.56 bits per heavy atom. The average Bonchev–Trinajstić information content (AvgIpc) is 2.84. The molecule has 0 spiro atoms. The Kier molecular flexibility index (Phi) is 7.07. The van der Waals surface area contributed by atoms with Crippen molar-refractivity contribution in [2.45, 2.75) is 17.7 Å². The summed E-state index contributed by atoms with van der Waals surface area (Å²) in [4.78, 5) is 16.7. The minimum absolute atomic E-state index is 0.0585. The van der Waals surface area contributed by atoms with Crippen molar-refractivity contribution < 1.29 is 22.3 Å². The van der Waals surface area contributed by atoms with E-state index in [1.807, 2.05) is 15.9 Å². The topological polar surface area (TPSA) is 70.2 Å². The largest absolute Gasteiger partial charge is 0.379 e. The number of sulfonamides is 1. The maximum Gasteiger partial charge on any atom is 0.243 e. The summed E-state index contributed by atoms with van der Waals surface area (Å²) >= 11 is 0. The van der Waals surface area contributed by atoms with Gasteiger partial charge >= 0.3 is 0 Å². The number of ether oxygens (including phenoxy) is 1. The number of halogens is 1. The molecule has 9 heteroatoms. The smallest absolute Gasteiger partial charge is 0.243 e. The number of hydrogen-bond donors (Lipinski definition) is 0. The van der Waals surface area contributed by atoms with E-state index in [1.54, 1.807) is 36.4 Å². The molecule has 0 radical (unpaired) electrons.